The van der Waals surface area contributed by atoms with Gasteiger partial charge in [0, 0.05) is 23.1 Å². The predicted molar refractivity (Wildman–Crippen MR) is 104 cm³/mol. The number of fused-ring (bicyclic) bond motifs is 3. The third-order valence-corrected chi connectivity index (χ3v) is 5.72. The number of aryl methyl sites for hydroxylation is 2. The highest BCUT2D eigenvalue weighted by Crippen LogP contribution is 2.38. The second-order valence-electron chi connectivity index (χ2n) is 7.26. The van der Waals surface area contributed by atoms with Gasteiger partial charge >= 0.3 is 0 Å². The lowest BCUT2D eigenvalue weighted by Crippen LogP contribution is -2.31. The molecule has 3 nitrogen and oxygen atoms in total. The number of rotatable bonds is 2. The molecule has 0 spiro atoms. The van der Waals surface area contributed by atoms with Crippen LogP contribution < -0.4 is 10.1 Å². The molecule has 2 heterocycles. The average molecular weight is 334 g/mol. The number of H-pyrrole nitrogens is 1. The number of ether oxygens (including phenoxy) is 1. The molecule has 0 saturated heterocycles. The predicted octanol–water partition coefficient (Wildman–Crippen LogP) is 4.65. The fourth-order valence-electron chi connectivity index (χ4n) is 4.31. The zero-order valence-corrected chi connectivity index (χ0v) is 15.7. The van der Waals surface area contributed by atoms with Gasteiger partial charge in [0.25, 0.3) is 0 Å². The molecule has 1 aliphatic heterocycles. The molecule has 0 bridgehead atoms. The van der Waals surface area contributed by atoms with E-state index in [0.29, 0.717) is 0 Å². The molecule has 3 heteroatoms. The third-order valence-electron chi connectivity index (χ3n) is 5.72. The van der Waals surface area contributed by atoms with Crippen molar-refractivity contribution in [2.75, 3.05) is 13.7 Å². The quantitative estimate of drug-likeness (QED) is 0.716. The Bertz CT molecular complexity index is 968. The molecule has 1 aliphatic rings. The average Bonchev–Trinajstić information content (AvgIpc) is 2.97. The van der Waals surface area contributed by atoms with Gasteiger partial charge in [-0.25, -0.2) is 0 Å². The highest BCUT2D eigenvalue weighted by Gasteiger charge is 2.28. The second-order valence-corrected chi connectivity index (χ2v) is 7.26. The summed E-state index contributed by atoms with van der Waals surface area (Å²) in [6.45, 7) is 9.71. The van der Waals surface area contributed by atoms with Gasteiger partial charge in [-0.3, -0.25) is 0 Å². The van der Waals surface area contributed by atoms with Crippen LogP contribution in [0.3, 0.4) is 0 Å². The lowest BCUT2D eigenvalue weighted by atomic mass is 9.87. The summed E-state index contributed by atoms with van der Waals surface area (Å²) in [5.41, 5.74) is 10.5. The van der Waals surface area contributed by atoms with Crippen LogP contribution in [0.15, 0.2) is 24.3 Å². The van der Waals surface area contributed by atoms with Crippen LogP contribution in [0.4, 0.5) is 0 Å². The van der Waals surface area contributed by atoms with Crippen LogP contribution in [0, 0.1) is 27.7 Å². The van der Waals surface area contributed by atoms with Gasteiger partial charge in [-0.2, -0.15) is 0 Å². The summed E-state index contributed by atoms with van der Waals surface area (Å²) in [5.74, 6) is 0.974. The molecule has 4 rings (SSSR count). The zero-order chi connectivity index (χ0) is 17.7. The van der Waals surface area contributed by atoms with Crippen molar-refractivity contribution in [3.8, 4) is 5.75 Å². The normalized spacial score (nSPS) is 16.9. The zero-order valence-electron chi connectivity index (χ0n) is 15.7. The topological polar surface area (TPSA) is 37.0 Å². The van der Waals surface area contributed by atoms with Crippen molar-refractivity contribution in [1.82, 2.24) is 10.3 Å². The Morgan fingerprint density at radius 1 is 1.04 bits per heavy atom. The van der Waals surface area contributed by atoms with E-state index < -0.39 is 0 Å². The molecule has 2 aromatic carbocycles. The van der Waals surface area contributed by atoms with Gasteiger partial charge in [-0.15, -0.1) is 0 Å². The molecule has 1 atom stereocenters. The van der Waals surface area contributed by atoms with Crippen molar-refractivity contribution >= 4 is 10.9 Å². The SMILES string of the molecule is COc1cc(C)c(C2NCCc3c2[nH]c2ccc(C)cc32)c(C)c1C. The molecule has 0 aliphatic carbocycles. The summed E-state index contributed by atoms with van der Waals surface area (Å²) in [6.07, 6.45) is 1.07. The van der Waals surface area contributed by atoms with Crippen LogP contribution in [0.1, 0.15) is 45.1 Å². The second kappa shape index (κ2) is 5.92. The first-order chi connectivity index (χ1) is 12.0. The van der Waals surface area contributed by atoms with Crippen LogP contribution in [0.5, 0.6) is 5.75 Å². The molecule has 130 valence electrons. The Kier molecular flexibility index (Phi) is 3.84. The van der Waals surface area contributed by atoms with Crippen molar-refractivity contribution in [3.05, 3.63) is 63.3 Å². The fraction of sp³-hybridized carbons (Fsp3) is 0.364. The number of benzene rings is 2. The van der Waals surface area contributed by atoms with Crippen molar-refractivity contribution in [3.63, 3.8) is 0 Å². The molecule has 1 aromatic heterocycles. The van der Waals surface area contributed by atoms with Gasteiger partial charge in [-0.1, -0.05) is 11.6 Å². The molecule has 0 fully saturated rings. The molecule has 0 amide bonds. The van der Waals surface area contributed by atoms with Crippen LogP contribution in [-0.4, -0.2) is 18.6 Å². The highest BCUT2D eigenvalue weighted by atomic mass is 16.5. The molecule has 2 N–H and O–H groups in total. The molecule has 0 radical (unpaired) electrons. The first kappa shape index (κ1) is 16.2. The molecular weight excluding hydrogens is 308 g/mol. The third kappa shape index (κ3) is 2.46. The number of aromatic nitrogens is 1. The summed E-state index contributed by atoms with van der Waals surface area (Å²) in [7, 11) is 1.75. The summed E-state index contributed by atoms with van der Waals surface area (Å²) in [5, 5.41) is 5.12. The van der Waals surface area contributed by atoms with E-state index in [1.165, 1.54) is 50.0 Å². The van der Waals surface area contributed by atoms with Gasteiger partial charge in [0.15, 0.2) is 0 Å². The first-order valence-electron chi connectivity index (χ1n) is 9.00. The van der Waals surface area contributed by atoms with E-state index in [-0.39, 0.29) is 6.04 Å². The van der Waals surface area contributed by atoms with Crippen molar-refractivity contribution < 1.29 is 4.74 Å². The van der Waals surface area contributed by atoms with Gasteiger partial charge in [0.2, 0.25) is 0 Å². The monoisotopic (exact) mass is 334 g/mol. The Hall–Kier alpha value is -2.26. The Labute approximate surface area is 149 Å². The highest BCUT2D eigenvalue weighted by molar-refractivity contribution is 5.86. The molecule has 0 saturated carbocycles. The van der Waals surface area contributed by atoms with Crippen LogP contribution >= 0.6 is 0 Å². The van der Waals surface area contributed by atoms with E-state index in [9.17, 15) is 0 Å². The minimum Gasteiger partial charge on any atom is -0.496 e. The summed E-state index contributed by atoms with van der Waals surface area (Å²) < 4.78 is 5.55. The van der Waals surface area contributed by atoms with Gasteiger partial charge in [-0.05, 0) is 80.1 Å². The van der Waals surface area contributed by atoms with Crippen LogP contribution in [0.2, 0.25) is 0 Å². The number of hydrogen-bond donors (Lipinski definition) is 2. The van der Waals surface area contributed by atoms with Gasteiger partial charge < -0.3 is 15.0 Å². The summed E-state index contributed by atoms with van der Waals surface area (Å²) in [4.78, 5) is 3.70. The van der Waals surface area contributed by atoms with E-state index in [2.05, 4.69) is 62.3 Å². The summed E-state index contributed by atoms with van der Waals surface area (Å²) in [6, 6.07) is 9.08. The van der Waals surface area contributed by atoms with Crippen LogP contribution in [0.25, 0.3) is 10.9 Å². The Balaban J connectivity index is 1.93. The molecule has 1 unspecified atom stereocenters. The number of aromatic amines is 1. The molecule has 25 heavy (non-hydrogen) atoms. The molecule has 3 aromatic rings. The maximum atomic E-state index is 5.55. The fourth-order valence-corrected chi connectivity index (χ4v) is 4.31. The van der Waals surface area contributed by atoms with Crippen molar-refractivity contribution in [2.45, 2.75) is 40.2 Å². The van der Waals surface area contributed by atoms with Gasteiger partial charge in [0.1, 0.15) is 5.75 Å². The van der Waals surface area contributed by atoms with Crippen molar-refractivity contribution in [2.24, 2.45) is 0 Å². The van der Waals surface area contributed by atoms with E-state index >= 15 is 0 Å². The molecular formula is C22H26N2O. The van der Waals surface area contributed by atoms with Gasteiger partial charge in [0.05, 0.1) is 13.2 Å². The first-order valence-corrected chi connectivity index (χ1v) is 9.00. The minimum atomic E-state index is 0.209. The van der Waals surface area contributed by atoms with Crippen LogP contribution in [-0.2, 0) is 6.42 Å². The number of hydrogen-bond acceptors (Lipinski definition) is 2. The number of nitrogens with one attached hydrogen (secondary N) is 2. The lowest BCUT2D eigenvalue weighted by Gasteiger charge is -2.29. The van der Waals surface area contributed by atoms with E-state index in [4.69, 9.17) is 4.74 Å². The standard InChI is InChI=1S/C22H26N2O/c1-12-6-7-18-17(10-12)16-8-9-23-22(21(16)24-18)20-13(2)11-19(25-5)14(3)15(20)4/h6-7,10-11,22-24H,8-9H2,1-5H3. The van der Waals surface area contributed by atoms with E-state index in [1.54, 1.807) is 7.11 Å². The van der Waals surface area contributed by atoms with E-state index in [1.807, 2.05) is 0 Å². The smallest absolute Gasteiger partial charge is 0.122 e. The maximum absolute atomic E-state index is 5.55. The lowest BCUT2D eigenvalue weighted by molar-refractivity contribution is 0.410. The van der Waals surface area contributed by atoms with E-state index in [0.717, 1.165) is 18.7 Å². The largest absolute Gasteiger partial charge is 0.496 e. The summed E-state index contributed by atoms with van der Waals surface area (Å²) >= 11 is 0. The van der Waals surface area contributed by atoms with Crippen molar-refractivity contribution in [1.29, 1.82) is 0 Å². The maximum Gasteiger partial charge on any atom is 0.122 e. The Morgan fingerprint density at radius 2 is 1.84 bits per heavy atom. The minimum absolute atomic E-state index is 0.209. The number of methoxy groups -OCH3 is 1. The Morgan fingerprint density at radius 3 is 2.60 bits per heavy atom.